The first-order valence-electron chi connectivity index (χ1n) is 7.41. The van der Waals surface area contributed by atoms with E-state index in [0.717, 1.165) is 12.3 Å². The lowest BCUT2D eigenvalue weighted by molar-refractivity contribution is 0.1000. The summed E-state index contributed by atoms with van der Waals surface area (Å²) in [6.07, 6.45) is 6.13. The summed E-state index contributed by atoms with van der Waals surface area (Å²) in [5.74, 6) is -0.165. The summed E-state index contributed by atoms with van der Waals surface area (Å²) < 4.78 is 13.9. The number of benzene rings is 1. The first-order chi connectivity index (χ1) is 9.60. The van der Waals surface area contributed by atoms with E-state index in [0.29, 0.717) is 18.2 Å². The zero-order valence-electron chi connectivity index (χ0n) is 12.0. The zero-order valence-corrected chi connectivity index (χ0v) is 12.0. The Kier molecular flexibility index (Phi) is 5.12. The first-order valence-corrected chi connectivity index (χ1v) is 7.41. The smallest absolute Gasteiger partial charge is 0.248 e. The Hall–Kier alpha value is -1.42. The lowest BCUT2D eigenvalue weighted by Gasteiger charge is -2.29. The summed E-state index contributed by atoms with van der Waals surface area (Å²) in [4.78, 5) is 11.0. The highest BCUT2D eigenvalue weighted by atomic mass is 19.1. The van der Waals surface area contributed by atoms with E-state index < -0.39 is 5.91 Å². The van der Waals surface area contributed by atoms with Crippen LogP contribution in [0.1, 0.15) is 54.9 Å². The minimum atomic E-state index is -0.596. The molecular formula is C16H23FN2O. The van der Waals surface area contributed by atoms with Crippen molar-refractivity contribution in [1.29, 1.82) is 0 Å². The van der Waals surface area contributed by atoms with Gasteiger partial charge in [0.2, 0.25) is 5.91 Å². The van der Waals surface area contributed by atoms with Crippen LogP contribution in [0.3, 0.4) is 0 Å². The number of hydrogen-bond acceptors (Lipinski definition) is 2. The average Bonchev–Trinajstić information content (AvgIpc) is 2.46. The maximum absolute atomic E-state index is 13.9. The van der Waals surface area contributed by atoms with Crippen LogP contribution < -0.4 is 11.1 Å². The van der Waals surface area contributed by atoms with Gasteiger partial charge < -0.3 is 11.1 Å². The molecule has 2 atom stereocenters. The minimum absolute atomic E-state index is 0.218. The highest BCUT2D eigenvalue weighted by Gasteiger charge is 2.20. The van der Waals surface area contributed by atoms with Crippen LogP contribution in [0.25, 0.3) is 0 Å². The number of hydrogen-bond donors (Lipinski definition) is 2. The van der Waals surface area contributed by atoms with Crippen LogP contribution in [0.4, 0.5) is 4.39 Å². The fourth-order valence-electron chi connectivity index (χ4n) is 2.95. The average molecular weight is 278 g/mol. The lowest BCUT2D eigenvalue weighted by atomic mass is 9.84. The van der Waals surface area contributed by atoms with Gasteiger partial charge in [-0.1, -0.05) is 32.3 Å². The molecule has 1 fully saturated rings. The van der Waals surface area contributed by atoms with Gasteiger partial charge in [-0.25, -0.2) is 4.39 Å². The normalized spacial score (nSPS) is 22.7. The van der Waals surface area contributed by atoms with Crippen molar-refractivity contribution in [2.75, 3.05) is 0 Å². The van der Waals surface area contributed by atoms with Gasteiger partial charge in [0, 0.05) is 23.7 Å². The van der Waals surface area contributed by atoms with Crippen molar-refractivity contribution in [2.45, 2.75) is 51.6 Å². The van der Waals surface area contributed by atoms with Gasteiger partial charge in [-0.05, 0) is 30.9 Å². The fourth-order valence-corrected chi connectivity index (χ4v) is 2.95. The Labute approximate surface area is 119 Å². The van der Waals surface area contributed by atoms with Crippen molar-refractivity contribution in [1.82, 2.24) is 5.32 Å². The predicted octanol–water partition coefficient (Wildman–Crippen LogP) is 2.98. The molecule has 1 aromatic rings. The van der Waals surface area contributed by atoms with Gasteiger partial charge in [0.15, 0.2) is 0 Å². The van der Waals surface area contributed by atoms with Gasteiger partial charge >= 0.3 is 0 Å². The quantitative estimate of drug-likeness (QED) is 0.870. The number of nitrogens with one attached hydrogen (secondary N) is 1. The van der Waals surface area contributed by atoms with Gasteiger partial charge in [-0.3, -0.25) is 4.79 Å². The van der Waals surface area contributed by atoms with Gasteiger partial charge in [0.25, 0.3) is 0 Å². The van der Waals surface area contributed by atoms with E-state index in [4.69, 9.17) is 5.73 Å². The number of primary amides is 1. The molecule has 0 aromatic heterocycles. The molecule has 1 aliphatic carbocycles. The third kappa shape index (κ3) is 3.79. The molecule has 2 unspecified atom stereocenters. The second kappa shape index (κ2) is 6.84. The molecule has 0 heterocycles. The Balaban J connectivity index is 1.92. The number of rotatable bonds is 5. The van der Waals surface area contributed by atoms with Gasteiger partial charge in [0.1, 0.15) is 5.82 Å². The van der Waals surface area contributed by atoms with Gasteiger partial charge in [-0.15, -0.1) is 0 Å². The molecule has 110 valence electrons. The third-order valence-electron chi connectivity index (χ3n) is 4.28. The highest BCUT2D eigenvalue weighted by molar-refractivity contribution is 5.92. The lowest BCUT2D eigenvalue weighted by Crippen LogP contribution is -2.33. The van der Waals surface area contributed by atoms with Crippen LogP contribution in [0, 0.1) is 11.7 Å². The monoisotopic (exact) mass is 278 g/mol. The maximum atomic E-state index is 13.9. The summed E-state index contributed by atoms with van der Waals surface area (Å²) in [5, 5.41) is 3.44. The zero-order chi connectivity index (χ0) is 14.5. The minimum Gasteiger partial charge on any atom is -0.366 e. The Morgan fingerprint density at radius 3 is 2.90 bits per heavy atom. The molecule has 3 N–H and O–H groups in total. The molecule has 0 bridgehead atoms. The van der Waals surface area contributed by atoms with Gasteiger partial charge in [0.05, 0.1) is 0 Å². The summed E-state index contributed by atoms with van der Waals surface area (Å²) >= 11 is 0. The molecule has 0 radical (unpaired) electrons. The largest absolute Gasteiger partial charge is 0.366 e. The van der Waals surface area contributed by atoms with Crippen molar-refractivity contribution in [3.8, 4) is 0 Å². The van der Waals surface area contributed by atoms with E-state index in [1.54, 1.807) is 12.1 Å². The van der Waals surface area contributed by atoms with Crippen LogP contribution in [-0.2, 0) is 6.54 Å². The topological polar surface area (TPSA) is 55.1 Å². The van der Waals surface area contributed by atoms with E-state index in [1.807, 2.05) is 0 Å². The summed E-state index contributed by atoms with van der Waals surface area (Å²) in [7, 11) is 0. The van der Waals surface area contributed by atoms with Crippen LogP contribution in [0.15, 0.2) is 18.2 Å². The van der Waals surface area contributed by atoms with E-state index in [2.05, 4.69) is 12.2 Å². The summed E-state index contributed by atoms with van der Waals surface area (Å²) in [5.41, 5.74) is 5.94. The Morgan fingerprint density at radius 2 is 2.25 bits per heavy atom. The van der Waals surface area contributed by atoms with E-state index >= 15 is 0 Å². The van der Waals surface area contributed by atoms with Crippen molar-refractivity contribution in [3.63, 3.8) is 0 Å². The highest BCUT2D eigenvalue weighted by Crippen LogP contribution is 2.26. The molecule has 0 saturated heterocycles. The molecule has 1 saturated carbocycles. The second-order valence-corrected chi connectivity index (χ2v) is 5.69. The molecule has 0 aliphatic heterocycles. The van der Waals surface area contributed by atoms with Crippen molar-refractivity contribution in [3.05, 3.63) is 35.1 Å². The van der Waals surface area contributed by atoms with Gasteiger partial charge in [-0.2, -0.15) is 0 Å². The third-order valence-corrected chi connectivity index (χ3v) is 4.28. The molecule has 0 spiro atoms. The predicted molar refractivity (Wildman–Crippen MR) is 77.8 cm³/mol. The standard InChI is InChI=1S/C16H23FN2O/c1-2-11-4-3-5-14(8-11)19-10-13-7-6-12(16(18)20)9-15(13)17/h6-7,9,11,14,19H,2-5,8,10H2,1H3,(H2,18,20). The van der Waals surface area contributed by atoms with Crippen LogP contribution in [-0.4, -0.2) is 11.9 Å². The fraction of sp³-hybridized carbons (Fsp3) is 0.562. The van der Waals surface area contributed by atoms with E-state index in [9.17, 15) is 9.18 Å². The second-order valence-electron chi connectivity index (χ2n) is 5.69. The number of nitrogens with two attached hydrogens (primary N) is 1. The Morgan fingerprint density at radius 1 is 1.45 bits per heavy atom. The van der Waals surface area contributed by atoms with E-state index in [-0.39, 0.29) is 11.4 Å². The summed E-state index contributed by atoms with van der Waals surface area (Å²) in [6, 6.07) is 4.92. The number of halogens is 1. The van der Waals surface area contributed by atoms with Crippen LogP contribution >= 0.6 is 0 Å². The first kappa shape index (κ1) is 15.0. The number of amides is 1. The summed E-state index contributed by atoms with van der Waals surface area (Å²) in [6.45, 7) is 2.74. The van der Waals surface area contributed by atoms with Crippen LogP contribution in [0.5, 0.6) is 0 Å². The molecule has 3 nitrogen and oxygen atoms in total. The molecule has 1 amide bonds. The van der Waals surface area contributed by atoms with Crippen molar-refractivity contribution < 1.29 is 9.18 Å². The Bertz CT molecular complexity index is 476. The maximum Gasteiger partial charge on any atom is 0.248 e. The number of carbonyl (C=O) groups excluding carboxylic acids is 1. The molecule has 20 heavy (non-hydrogen) atoms. The van der Waals surface area contributed by atoms with Crippen LogP contribution in [0.2, 0.25) is 0 Å². The van der Waals surface area contributed by atoms with Crippen molar-refractivity contribution >= 4 is 5.91 Å². The van der Waals surface area contributed by atoms with Crippen molar-refractivity contribution in [2.24, 2.45) is 11.7 Å². The van der Waals surface area contributed by atoms with E-state index in [1.165, 1.54) is 31.7 Å². The molecule has 4 heteroatoms. The SMILES string of the molecule is CCC1CCCC(NCc2ccc(C(N)=O)cc2F)C1. The molecular weight excluding hydrogens is 255 g/mol. The molecule has 2 rings (SSSR count). The number of carbonyl (C=O) groups is 1. The molecule has 1 aliphatic rings. The molecule has 1 aromatic carbocycles.